The van der Waals surface area contributed by atoms with Gasteiger partial charge in [0.2, 0.25) is 5.91 Å². The number of nitrogens with one attached hydrogen (secondary N) is 2. The molecule has 0 saturated heterocycles. The molecule has 1 unspecified atom stereocenters. The van der Waals surface area contributed by atoms with Crippen LogP contribution in [0.4, 0.5) is 5.69 Å². The number of aryl methyl sites for hydroxylation is 1. The molecule has 0 spiro atoms. The van der Waals surface area contributed by atoms with Gasteiger partial charge in [0.15, 0.2) is 0 Å². The van der Waals surface area contributed by atoms with Crippen molar-refractivity contribution >= 4 is 23.2 Å². The molecule has 4 heteroatoms. The molecule has 0 heterocycles. The van der Waals surface area contributed by atoms with E-state index >= 15 is 0 Å². The molecule has 106 valence electrons. The Labute approximate surface area is 120 Å². The zero-order chi connectivity index (χ0) is 14.6. The SMILES string of the molecule is CCC(C)(C)NC(=O)C(C)Nc1c(C)cccc1Cl. The number of rotatable bonds is 5. The van der Waals surface area contributed by atoms with E-state index in [0.717, 1.165) is 17.7 Å². The summed E-state index contributed by atoms with van der Waals surface area (Å²) in [7, 11) is 0. The van der Waals surface area contributed by atoms with Crippen LogP contribution in [0.5, 0.6) is 0 Å². The Bertz CT molecular complexity index is 437. The van der Waals surface area contributed by atoms with Gasteiger partial charge in [-0.3, -0.25) is 4.79 Å². The number of carbonyl (C=O) groups is 1. The monoisotopic (exact) mass is 282 g/mol. The lowest BCUT2D eigenvalue weighted by atomic mass is 10.0. The van der Waals surface area contributed by atoms with Gasteiger partial charge in [0.1, 0.15) is 6.04 Å². The average Bonchev–Trinajstić information content (AvgIpc) is 2.33. The Balaban J connectivity index is 2.75. The minimum absolute atomic E-state index is 0.0221. The largest absolute Gasteiger partial charge is 0.372 e. The molecule has 3 nitrogen and oxygen atoms in total. The average molecular weight is 283 g/mol. The molecule has 0 aliphatic heterocycles. The van der Waals surface area contributed by atoms with Crippen LogP contribution in [0.25, 0.3) is 0 Å². The fourth-order valence-electron chi connectivity index (χ4n) is 1.63. The number of hydrogen-bond acceptors (Lipinski definition) is 2. The van der Waals surface area contributed by atoms with Crippen LogP contribution in [-0.2, 0) is 4.79 Å². The highest BCUT2D eigenvalue weighted by Gasteiger charge is 2.22. The van der Waals surface area contributed by atoms with Crippen LogP contribution in [0.15, 0.2) is 18.2 Å². The third-order valence-corrected chi connectivity index (χ3v) is 3.64. The van der Waals surface area contributed by atoms with Crippen LogP contribution < -0.4 is 10.6 Å². The number of halogens is 1. The lowest BCUT2D eigenvalue weighted by Crippen LogP contribution is -2.48. The summed E-state index contributed by atoms with van der Waals surface area (Å²) in [5.41, 5.74) is 1.66. The van der Waals surface area contributed by atoms with Crippen molar-refractivity contribution in [1.82, 2.24) is 5.32 Å². The highest BCUT2D eigenvalue weighted by atomic mass is 35.5. The van der Waals surface area contributed by atoms with Crippen molar-refractivity contribution in [3.63, 3.8) is 0 Å². The molecule has 0 fully saturated rings. The first-order chi connectivity index (χ1) is 8.76. The van der Waals surface area contributed by atoms with E-state index in [9.17, 15) is 4.79 Å². The molecule has 0 bridgehead atoms. The van der Waals surface area contributed by atoms with Crippen LogP contribution in [0, 0.1) is 6.92 Å². The predicted octanol–water partition coefficient (Wildman–Crippen LogP) is 3.75. The van der Waals surface area contributed by atoms with Gasteiger partial charge < -0.3 is 10.6 Å². The number of amides is 1. The molecular weight excluding hydrogens is 260 g/mol. The van der Waals surface area contributed by atoms with Crippen molar-refractivity contribution in [2.24, 2.45) is 0 Å². The molecule has 0 aliphatic carbocycles. The lowest BCUT2D eigenvalue weighted by molar-refractivity contribution is -0.123. The first kappa shape index (κ1) is 15.8. The summed E-state index contributed by atoms with van der Waals surface area (Å²) in [5.74, 6) is -0.0221. The molecule has 1 aromatic rings. The van der Waals surface area contributed by atoms with E-state index in [1.54, 1.807) is 0 Å². The molecule has 19 heavy (non-hydrogen) atoms. The van der Waals surface area contributed by atoms with Gasteiger partial charge >= 0.3 is 0 Å². The van der Waals surface area contributed by atoms with Crippen LogP contribution in [0.1, 0.15) is 39.7 Å². The number of carbonyl (C=O) groups excluding carboxylic acids is 1. The molecule has 1 rings (SSSR count). The maximum absolute atomic E-state index is 12.1. The van der Waals surface area contributed by atoms with E-state index in [2.05, 4.69) is 17.6 Å². The Morgan fingerprint density at radius 2 is 2.05 bits per heavy atom. The lowest BCUT2D eigenvalue weighted by Gasteiger charge is -2.27. The maximum atomic E-state index is 12.1. The van der Waals surface area contributed by atoms with Crippen LogP contribution >= 0.6 is 11.6 Å². The van der Waals surface area contributed by atoms with Crippen molar-refractivity contribution in [3.05, 3.63) is 28.8 Å². The topological polar surface area (TPSA) is 41.1 Å². The van der Waals surface area contributed by atoms with E-state index in [0.29, 0.717) is 5.02 Å². The minimum Gasteiger partial charge on any atom is -0.372 e. The molecule has 2 N–H and O–H groups in total. The summed E-state index contributed by atoms with van der Waals surface area (Å²) in [6.45, 7) is 9.88. The van der Waals surface area contributed by atoms with Crippen molar-refractivity contribution in [2.45, 2.75) is 52.6 Å². The Hall–Kier alpha value is -1.22. The Kier molecular flexibility index (Phi) is 5.24. The second-order valence-corrected chi connectivity index (χ2v) is 5.93. The first-order valence-corrected chi connectivity index (χ1v) is 6.98. The van der Waals surface area contributed by atoms with E-state index < -0.39 is 0 Å². The molecule has 0 aromatic heterocycles. The van der Waals surface area contributed by atoms with Crippen LogP contribution in [0.2, 0.25) is 5.02 Å². The van der Waals surface area contributed by atoms with Gasteiger partial charge in [-0.1, -0.05) is 30.7 Å². The molecule has 0 radical (unpaired) electrons. The van der Waals surface area contributed by atoms with Gasteiger partial charge in [-0.2, -0.15) is 0 Å². The predicted molar refractivity (Wildman–Crippen MR) is 81.8 cm³/mol. The maximum Gasteiger partial charge on any atom is 0.242 e. The zero-order valence-corrected chi connectivity index (χ0v) is 13.1. The normalized spacial score (nSPS) is 12.9. The van der Waals surface area contributed by atoms with Crippen molar-refractivity contribution in [3.8, 4) is 0 Å². The summed E-state index contributed by atoms with van der Waals surface area (Å²) in [6, 6.07) is 5.35. The van der Waals surface area contributed by atoms with Gasteiger partial charge in [0, 0.05) is 5.54 Å². The van der Waals surface area contributed by atoms with Crippen molar-refractivity contribution < 1.29 is 4.79 Å². The fourth-order valence-corrected chi connectivity index (χ4v) is 1.90. The third kappa shape index (κ3) is 4.43. The first-order valence-electron chi connectivity index (χ1n) is 6.60. The van der Waals surface area contributed by atoms with Gasteiger partial charge in [-0.25, -0.2) is 0 Å². The third-order valence-electron chi connectivity index (χ3n) is 3.32. The molecule has 0 aliphatic rings. The second-order valence-electron chi connectivity index (χ2n) is 5.52. The fraction of sp³-hybridized carbons (Fsp3) is 0.533. The number of para-hydroxylation sites is 1. The van der Waals surface area contributed by atoms with Crippen LogP contribution in [-0.4, -0.2) is 17.5 Å². The quantitative estimate of drug-likeness (QED) is 0.863. The van der Waals surface area contributed by atoms with E-state index in [1.165, 1.54) is 0 Å². The van der Waals surface area contributed by atoms with Crippen LogP contribution in [0.3, 0.4) is 0 Å². The molecule has 1 atom stereocenters. The smallest absolute Gasteiger partial charge is 0.242 e. The summed E-state index contributed by atoms with van der Waals surface area (Å²) in [5, 5.41) is 6.83. The second kappa shape index (κ2) is 6.29. The standard InChI is InChI=1S/C15H23ClN2O/c1-6-15(4,5)18-14(19)11(3)17-13-10(2)8-7-9-12(13)16/h7-9,11,17H,6H2,1-5H3,(H,18,19). The number of benzene rings is 1. The molecular formula is C15H23ClN2O. The van der Waals surface area contributed by atoms with E-state index in [1.807, 2.05) is 45.9 Å². The highest BCUT2D eigenvalue weighted by Crippen LogP contribution is 2.25. The van der Waals surface area contributed by atoms with Gasteiger partial charge in [0.25, 0.3) is 0 Å². The molecule has 0 saturated carbocycles. The van der Waals surface area contributed by atoms with Gasteiger partial charge in [0.05, 0.1) is 10.7 Å². The highest BCUT2D eigenvalue weighted by molar-refractivity contribution is 6.33. The molecule has 1 amide bonds. The van der Waals surface area contributed by atoms with Gasteiger partial charge in [-0.15, -0.1) is 0 Å². The number of hydrogen-bond donors (Lipinski definition) is 2. The van der Waals surface area contributed by atoms with Gasteiger partial charge in [-0.05, 0) is 45.7 Å². The summed E-state index contributed by atoms with van der Waals surface area (Å²) in [6.07, 6.45) is 0.885. The molecule has 1 aromatic carbocycles. The van der Waals surface area contributed by atoms with Crippen molar-refractivity contribution in [2.75, 3.05) is 5.32 Å². The van der Waals surface area contributed by atoms with Crippen molar-refractivity contribution in [1.29, 1.82) is 0 Å². The van der Waals surface area contributed by atoms with E-state index in [-0.39, 0.29) is 17.5 Å². The minimum atomic E-state index is -0.329. The number of anilines is 1. The Morgan fingerprint density at radius 1 is 1.42 bits per heavy atom. The van der Waals surface area contributed by atoms with E-state index in [4.69, 9.17) is 11.6 Å². The summed E-state index contributed by atoms with van der Waals surface area (Å²) < 4.78 is 0. The summed E-state index contributed by atoms with van der Waals surface area (Å²) >= 11 is 6.14. The summed E-state index contributed by atoms with van der Waals surface area (Å²) in [4.78, 5) is 12.1. The zero-order valence-electron chi connectivity index (χ0n) is 12.3. The Morgan fingerprint density at radius 3 is 2.58 bits per heavy atom.